The molecule has 1 aromatic heterocycles. The number of fused-ring (bicyclic) bond motifs is 1. The molecule has 2 aromatic rings. The molecular formula is C28H37ClO5S. The lowest BCUT2D eigenvalue weighted by molar-refractivity contribution is -0.137. The summed E-state index contributed by atoms with van der Waals surface area (Å²) in [5.74, 6) is -0.851. The number of rotatable bonds is 10. The Hall–Kier alpha value is -1.99. The molecule has 3 rings (SSSR count). The lowest BCUT2D eigenvalue weighted by Gasteiger charge is -2.22. The van der Waals surface area contributed by atoms with Crippen LogP contribution in [-0.4, -0.2) is 39.3 Å². The molecule has 3 atom stereocenters. The highest BCUT2D eigenvalue weighted by molar-refractivity contribution is 7.19. The molecule has 3 N–H and O–H groups in total. The van der Waals surface area contributed by atoms with Crippen molar-refractivity contribution >= 4 is 44.8 Å². The summed E-state index contributed by atoms with van der Waals surface area (Å²) < 4.78 is 1.15. The molecule has 1 aliphatic rings. The first-order valence-electron chi connectivity index (χ1n) is 12.2. The van der Waals surface area contributed by atoms with Gasteiger partial charge in [0.2, 0.25) is 0 Å². The molecule has 0 unspecified atom stereocenters. The second-order valence-corrected chi connectivity index (χ2v) is 11.0. The molecule has 5 nitrogen and oxygen atoms in total. The average molecular weight is 521 g/mol. The van der Waals surface area contributed by atoms with E-state index in [1.165, 1.54) is 0 Å². The smallest absolute Gasteiger partial charge is 0.303 e. The van der Waals surface area contributed by atoms with Crippen molar-refractivity contribution in [2.24, 2.45) is 11.3 Å². The summed E-state index contributed by atoms with van der Waals surface area (Å²) in [6, 6.07) is 8.02. The van der Waals surface area contributed by atoms with Crippen LogP contribution in [0.15, 0.2) is 48.6 Å². The topological polar surface area (TPSA) is 94.8 Å². The van der Waals surface area contributed by atoms with Crippen LogP contribution < -0.4 is 0 Å². The van der Waals surface area contributed by atoms with Crippen molar-refractivity contribution in [3.8, 4) is 0 Å². The zero-order chi connectivity index (χ0) is 26.0. The van der Waals surface area contributed by atoms with Gasteiger partial charge in [0, 0.05) is 39.1 Å². The van der Waals surface area contributed by atoms with E-state index >= 15 is 0 Å². The predicted molar refractivity (Wildman–Crippen MR) is 144 cm³/mol. The van der Waals surface area contributed by atoms with E-state index in [-0.39, 0.29) is 18.1 Å². The number of aliphatic hydroxyl groups excluding tert-OH is 2. The van der Waals surface area contributed by atoms with Gasteiger partial charge in [0.1, 0.15) is 5.78 Å². The number of carbonyl (C=O) groups is 2. The highest BCUT2D eigenvalue weighted by Gasteiger charge is 2.46. The lowest BCUT2D eigenvalue weighted by Crippen LogP contribution is -2.31. The Bertz CT molecular complexity index is 1040. The molecule has 1 aromatic carbocycles. The third kappa shape index (κ3) is 8.57. The van der Waals surface area contributed by atoms with Crippen molar-refractivity contribution in [3.63, 3.8) is 0 Å². The zero-order valence-corrected chi connectivity index (χ0v) is 22.3. The van der Waals surface area contributed by atoms with Crippen LogP contribution in [0.25, 0.3) is 10.1 Å². The number of aryl methyl sites for hydroxylation is 1. The van der Waals surface area contributed by atoms with Crippen LogP contribution in [0.3, 0.4) is 0 Å². The molecule has 1 fully saturated rings. The summed E-state index contributed by atoms with van der Waals surface area (Å²) in [4.78, 5) is 23.0. The Balaban J connectivity index is 0.000000367. The number of carbonyl (C=O) groups excluding carboxylic acids is 1. The van der Waals surface area contributed by atoms with E-state index in [1.807, 2.05) is 30.3 Å². The van der Waals surface area contributed by atoms with Gasteiger partial charge in [-0.15, -0.1) is 11.3 Å². The molecule has 1 saturated carbocycles. The first kappa shape index (κ1) is 29.2. The highest BCUT2D eigenvalue weighted by Crippen LogP contribution is 2.39. The molecule has 1 aliphatic carbocycles. The summed E-state index contributed by atoms with van der Waals surface area (Å²) in [5, 5.41) is 30.6. The van der Waals surface area contributed by atoms with Gasteiger partial charge in [0.05, 0.1) is 17.2 Å². The summed E-state index contributed by atoms with van der Waals surface area (Å²) in [5.41, 5.74) is -0.704. The monoisotopic (exact) mass is 520 g/mol. The highest BCUT2D eigenvalue weighted by atomic mass is 35.5. The number of hydrogen-bond acceptors (Lipinski definition) is 5. The van der Waals surface area contributed by atoms with Gasteiger partial charge in [-0.2, -0.15) is 0 Å². The van der Waals surface area contributed by atoms with Crippen LogP contribution in [0.1, 0.15) is 64.2 Å². The molecule has 35 heavy (non-hydrogen) atoms. The third-order valence-electron chi connectivity index (χ3n) is 6.30. The molecule has 0 amide bonds. The van der Waals surface area contributed by atoms with Crippen molar-refractivity contribution in [3.05, 3.63) is 58.5 Å². The Labute approximate surface area is 217 Å². The van der Waals surface area contributed by atoms with Crippen molar-refractivity contribution in [2.75, 3.05) is 0 Å². The summed E-state index contributed by atoms with van der Waals surface area (Å²) >= 11 is 8.09. The van der Waals surface area contributed by atoms with Gasteiger partial charge in [-0.1, -0.05) is 74.9 Å². The van der Waals surface area contributed by atoms with E-state index in [0.717, 1.165) is 39.2 Å². The fraction of sp³-hybridized carbons (Fsp3) is 0.500. The lowest BCUT2D eigenvalue weighted by atomic mass is 9.86. The minimum Gasteiger partial charge on any atom is -0.481 e. The standard InChI is InChI=1S/C20H23ClO3S.C8H14O2/c1-20(2)17(23)11-12(19(20)24)7-8-13(22)9-10-16-18(21)14-5-3-4-6-15(14)25-16;1-2-3-4-5-6-7-8(9)10/h3-8,12-13,19,22,24H,9-11H2,1-2H3;3-4H,2,5-7H2,1H3,(H,9,10)/b8-7+;4-3-/t12-,13+,19+;/m1./s1. The molecule has 0 aliphatic heterocycles. The molecule has 0 spiro atoms. The van der Waals surface area contributed by atoms with E-state index in [9.17, 15) is 19.8 Å². The van der Waals surface area contributed by atoms with Gasteiger partial charge < -0.3 is 15.3 Å². The Morgan fingerprint density at radius 3 is 2.60 bits per heavy atom. The fourth-order valence-electron chi connectivity index (χ4n) is 3.99. The number of hydrogen-bond donors (Lipinski definition) is 3. The van der Waals surface area contributed by atoms with Crippen molar-refractivity contribution in [2.45, 2.75) is 77.9 Å². The number of halogens is 1. The number of aliphatic carboxylic acids is 1. The predicted octanol–water partition coefficient (Wildman–Crippen LogP) is 6.59. The number of benzene rings is 1. The first-order valence-corrected chi connectivity index (χ1v) is 13.4. The van der Waals surface area contributed by atoms with Crippen LogP contribution in [-0.2, 0) is 16.0 Å². The van der Waals surface area contributed by atoms with Gasteiger partial charge in [-0.3, -0.25) is 9.59 Å². The SMILES string of the molecule is CC/C=C\CCCC(=O)O.CC1(C)C(=O)C[C@@H](/C=C/[C@H](O)CCc2sc3ccccc3c2Cl)[C@@H]1O. The van der Waals surface area contributed by atoms with Crippen molar-refractivity contribution in [1.29, 1.82) is 0 Å². The minimum absolute atomic E-state index is 0.0706. The van der Waals surface area contributed by atoms with Crippen LogP contribution in [0.2, 0.25) is 5.02 Å². The van der Waals surface area contributed by atoms with E-state index in [0.29, 0.717) is 19.3 Å². The number of ketones is 1. The van der Waals surface area contributed by atoms with E-state index in [1.54, 1.807) is 37.3 Å². The first-order chi connectivity index (χ1) is 16.6. The summed E-state index contributed by atoms with van der Waals surface area (Å²) in [6.45, 7) is 5.61. The maximum Gasteiger partial charge on any atom is 0.303 e. The molecule has 192 valence electrons. The van der Waals surface area contributed by atoms with Gasteiger partial charge in [0.25, 0.3) is 0 Å². The largest absolute Gasteiger partial charge is 0.481 e. The summed E-state index contributed by atoms with van der Waals surface area (Å²) in [6.07, 6.45) is 10.8. The average Bonchev–Trinajstić information content (AvgIpc) is 3.24. The Kier molecular flexibility index (Phi) is 11.6. The van der Waals surface area contributed by atoms with E-state index in [4.69, 9.17) is 16.7 Å². The molecule has 1 heterocycles. The number of unbranched alkanes of at least 4 members (excludes halogenated alkanes) is 1. The zero-order valence-electron chi connectivity index (χ0n) is 20.7. The minimum atomic E-state index is -0.704. The Morgan fingerprint density at radius 2 is 2.00 bits per heavy atom. The molecular weight excluding hydrogens is 484 g/mol. The third-order valence-corrected chi connectivity index (χ3v) is 8.07. The number of carboxylic acids is 1. The quantitative estimate of drug-likeness (QED) is 0.242. The normalized spacial score (nSPS) is 20.5. The maximum absolute atomic E-state index is 11.9. The van der Waals surface area contributed by atoms with Crippen LogP contribution in [0, 0.1) is 11.3 Å². The fourth-order valence-corrected chi connectivity index (χ4v) is 5.53. The number of allylic oxidation sites excluding steroid dienone is 2. The van der Waals surface area contributed by atoms with Gasteiger partial charge >= 0.3 is 5.97 Å². The number of thiophene rings is 1. The maximum atomic E-state index is 11.9. The van der Waals surface area contributed by atoms with Gasteiger partial charge in [-0.05, 0) is 38.2 Å². The van der Waals surface area contributed by atoms with E-state index in [2.05, 4.69) is 13.0 Å². The van der Waals surface area contributed by atoms with E-state index < -0.39 is 23.6 Å². The second kappa shape index (κ2) is 13.9. The molecule has 0 bridgehead atoms. The van der Waals surface area contributed by atoms with Crippen LogP contribution in [0.4, 0.5) is 0 Å². The number of Topliss-reactive ketones (excluding diaryl/α,β-unsaturated/α-hetero) is 1. The Morgan fingerprint density at radius 1 is 1.29 bits per heavy atom. The van der Waals surface area contributed by atoms with Gasteiger partial charge in [0.15, 0.2) is 0 Å². The van der Waals surface area contributed by atoms with Gasteiger partial charge in [-0.25, -0.2) is 0 Å². The van der Waals surface area contributed by atoms with Crippen molar-refractivity contribution in [1.82, 2.24) is 0 Å². The van der Waals surface area contributed by atoms with Crippen LogP contribution >= 0.6 is 22.9 Å². The molecule has 0 saturated heterocycles. The summed E-state index contributed by atoms with van der Waals surface area (Å²) in [7, 11) is 0. The van der Waals surface area contributed by atoms with Crippen LogP contribution in [0.5, 0.6) is 0 Å². The number of carboxylic acid groups (broad SMARTS) is 1. The second-order valence-electron chi connectivity index (χ2n) is 9.45. The number of aliphatic hydroxyl groups is 2. The van der Waals surface area contributed by atoms with Crippen molar-refractivity contribution < 1.29 is 24.9 Å². The molecule has 7 heteroatoms. The molecule has 0 radical (unpaired) electrons.